The van der Waals surface area contributed by atoms with Crippen molar-refractivity contribution in [2.24, 2.45) is 5.92 Å². The predicted molar refractivity (Wildman–Crippen MR) is 213 cm³/mol. The lowest BCUT2D eigenvalue weighted by atomic mass is 9.84. The summed E-state index contributed by atoms with van der Waals surface area (Å²) in [4.78, 5) is 5.21. The van der Waals surface area contributed by atoms with E-state index in [4.69, 9.17) is 4.98 Å². The standard InChI is InChI=1S/C48H52N2/c1-9-34-26-38(35-17-13-11-14-18-35)25-33(7)45(34)37-21-22-44(48(8)30-40(48)10-2)43(27-37)47-49-23-24-50(47)46-41(31(3)4)28-39(29-42(46)32(5)6)36-19-15-12-16-20-36/h11-29,31-32,40H,9-10,30H2,1-8H3/t40-,48?/m0/s1. The summed E-state index contributed by atoms with van der Waals surface area (Å²) < 4.78 is 2.42. The molecule has 0 bridgehead atoms. The average Bonchev–Trinajstić information content (AvgIpc) is 3.57. The minimum absolute atomic E-state index is 0.151. The van der Waals surface area contributed by atoms with Gasteiger partial charge in [-0.1, -0.05) is 140 Å². The van der Waals surface area contributed by atoms with E-state index in [1.54, 1.807) is 0 Å². The van der Waals surface area contributed by atoms with E-state index < -0.39 is 0 Å². The van der Waals surface area contributed by atoms with Crippen molar-refractivity contribution in [2.45, 2.75) is 91.9 Å². The predicted octanol–water partition coefficient (Wildman–Crippen LogP) is 13.3. The number of rotatable bonds is 10. The zero-order valence-corrected chi connectivity index (χ0v) is 31.2. The summed E-state index contributed by atoms with van der Waals surface area (Å²) in [5.41, 5.74) is 17.3. The second-order valence-electron chi connectivity index (χ2n) is 15.3. The van der Waals surface area contributed by atoms with Crippen molar-refractivity contribution in [2.75, 3.05) is 0 Å². The first kappa shape index (κ1) is 33.8. The molecule has 1 aliphatic carbocycles. The molecule has 1 unspecified atom stereocenters. The van der Waals surface area contributed by atoms with Crippen LogP contribution in [-0.4, -0.2) is 9.55 Å². The molecule has 0 spiro atoms. The third kappa shape index (κ3) is 6.04. The first-order chi connectivity index (χ1) is 24.1. The molecule has 2 heteroatoms. The Morgan fingerprint density at radius 2 is 1.32 bits per heavy atom. The van der Waals surface area contributed by atoms with E-state index >= 15 is 0 Å². The average molecular weight is 657 g/mol. The lowest BCUT2D eigenvalue weighted by molar-refractivity contribution is 0.643. The van der Waals surface area contributed by atoms with Crippen LogP contribution in [0.4, 0.5) is 0 Å². The summed E-state index contributed by atoms with van der Waals surface area (Å²) >= 11 is 0. The van der Waals surface area contributed by atoms with Gasteiger partial charge in [0.05, 0.1) is 5.69 Å². The van der Waals surface area contributed by atoms with Crippen LogP contribution in [0.2, 0.25) is 0 Å². The molecule has 254 valence electrons. The molecule has 1 aliphatic rings. The smallest absolute Gasteiger partial charge is 0.144 e. The molecule has 1 heterocycles. The molecule has 2 atom stereocenters. The lowest BCUT2D eigenvalue weighted by Gasteiger charge is -2.25. The quantitative estimate of drug-likeness (QED) is 0.143. The van der Waals surface area contributed by atoms with Crippen molar-refractivity contribution >= 4 is 0 Å². The Morgan fingerprint density at radius 1 is 0.720 bits per heavy atom. The van der Waals surface area contributed by atoms with Gasteiger partial charge in [0.1, 0.15) is 5.82 Å². The summed E-state index contributed by atoms with van der Waals surface area (Å²) in [6.07, 6.45) is 7.60. The van der Waals surface area contributed by atoms with Crippen molar-refractivity contribution < 1.29 is 0 Å². The topological polar surface area (TPSA) is 17.8 Å². The molecule has 0 aliphatic heterocycles. The van der Waals surface area contributed by atoms with E-state index in [1.165, 1.54) is 85.3 Å². The van der Waals surface area contributed by atoms with Crippen LogP contribution in [-0.2, 0) is 11.8 Å². The normalized spacial score (nSPS) is 17.1. The molecular formula is C48H52N2. The molecule has 5 aromatic carbocycles. The fraction of sp³-hybridized carbons (Fsp3) is 0.312. The van der Waals surface area contributed by atoms with Gasteiger partial charge in [-0.25, -0.2) is 4.98 Å². The van der Waals surface area contributed by atoms with Gasteiger partial charge in [-0.15, -0.1) is 0 Å². The van der Waals surface area contributed by atoms with Crippen molar-refractivity contribution in [1.82, 2.24) is 9.55 Å². The van der Waals surface area contributed by atoms with Crippen molar-refractivity contribution in [1.29, 1.82) is 0 Å². The Morgan fingerprint density at radius 3 is 1.86 bits per heavy atom. The van der Waals surface area contributed by atoms with E-state index in [0.717, 1.165) is 12.2 Å². The molecule has 6 aromatic rings. The SMILES string of the molecule is CCc1cc(-c2ccccc2)cc(C)c1-c1ccc(C2(C)C[C@@H]2CC)c(-c2nccn2-c2c(C(C)C)cc(-c3ccccc3)cc2C(C)C)c1. The van der Waals surface area contributed by atoms with Gasteiger partial charge >= 0.3 is 0 Å². The molecule has 1 fully saturated rings. The minimum Gasteiger partial charge on any atom is -0.299 e. The third-order valence-corrected chi connectivity index (χ3v) is 11.4. The first-order valence-electron chi connectivity index (χ1n) is 18.8. The van der Waals surface area contributed by atoms with Crippen LogP contribution >= 0.6 is 0 Å². The minimum atomic E-state index is 0.151. The van der Waals surface area contributed by atoms with Gasteiger partial charge in [-0.05, 0) is 122 Å². The van der Waals surface area contributed by atoms with E-state index in [-0.39, 0.29) is 5.41 Å². The second-order valence-corrected chi connectivity index (χ2v) is 15.3. The Kier molecular flexibility index (Phi) is 9.16. The van der Waals surface area contributed by atoms with Gasteiger partial charge in [0, 0.05) is 18.0 Å². The molecule has 50 heavy (non-hydrogen) atoms. The largest absolute Gasteiger partial charge is 0.299 e. The van der Waals surface area contributed by atoms with Crippen LogP contribution in [0.5, 0.6) is 0 Å². The van der Waals surface area contributed by atoms with Gasteiger partial charge in [0.2, 0.25) is 0 Å². The maximum atomic E-state index is 5.21. The molecule has 2 nitrogen and oxygen atoms in total. The summed E-state index contributed by atoms with van der Waals surface area (Å²) in [7, 11) is 0. The van der Waals surface area contributed by atoms with Crippen LogP contribution in [0.15, 0.2) is 116 Å². The Labute approximate surface area is 300 Å². The molecule has 7 rings (SSSR count). The summed E-state index contributed by atoms with van der Waals surface area (Å²) in [6.45, 7) is 18.7. The molecule has 0 N–H and O–H groups in total. The lowest BCUT2D eigenvalue weighted by Crippen LogP contribution is -2.12. The zero-order valence-electron chi connectivity index (χ0n) is 31.2. The van der Waals surface area contributed by atoms with Crippen LogP contribution in [0.25, 0.3) is 50.5 Å². The fourth-order valence-electron chi connectivity index (χ4n) is 8.43. The van der Waals surface area contributed by atoms with Crippen LogP contribution < -0.4 is 0 Å². The second kappa shape index (κ2) is 13.6. The van der Waals surface area contributed by atoms with Crippen LogP contribution in [0.3, 0.4) is 0 Å². The third-order valence-electron chi connectivity index (χ3n) is 11.4. The highest BCUT2D eigenvalue weighted by molar-refractivity contribution is 5.82. The van der Waals surface area contributed by atoms with Crippen molar-refractivity contribution in [3.05, 3.63) is 143 Å². The number of hydrogen-bond donors (Lipinski definition) is 0. The number of aryl methyl sites for hydroxylation is 2. The van der Waals surface area contributed by atoms with Crippen LogP contribution in [0, 0.1) is 12.8 Å². The van der Waals surface area contributed by atoms with E-state index in [9.17, 15) is 0 Å². The molecule has 1 saturated carbocycles. The molecule has 0 amide bonds. The summed E-state index contributed by atoms with van der Waals surface area (Å²) in [5.74, 6) is 2.42. The van der Waals surface area contributed by atoms with Gasteiger partial charge in [-0.3, -0.25) is 4.57 Å². The number of hydrogen-bond acceptors (Lipinski definition) is 1. The van der Waals surface area contributed by atoms with E-state index in [1.807, 2.05) is 6.20 Å². The molecule has 0 saturated heterocycles. The number of aromatic nitrogens is 2. The Hall–Kier alpha value is -4.69. The Bertz CT molecular complexity index is 2100. The summed E-state index contributed by atoms with van der Waals surface area (Å²) in [6, 6.07) is 38.5. The Balaban J connectivity index is 1.45. The highest BCUT2D eigenvalue weighted by atomic mass is 15.1. The van der Waals surface area contributed by atoms with Crippen molar-refractivity contribution in [3.63, 3.8) is 0 Å². The maximum Gasteiger partial charge on any atom is 0.144 e. The van der Waals surface area contributed by atoms with Gasteiger partial charge < -0.3 is 0 Å². The fourth-order valence-corrected chi connectivity index (χ4v) is 8.43. The number of benzene rings is 5. The highest BCUT2D eigenvalue weighted by Crippen LogP contribution is 2.58. The highest BCUT2D eigenvalue weighted by Gasteiger charge is 2.51. The monoisotopic (exact) mass is 656 g/mol. The molecular weight excluding hydrogens is 605 g/mol. The first-order valence-corrected chi connectivity index (χ1v) is 18.8. The molecule has 1 aromatic heterocycles. The van der Waals surface area contributed by atoms with Crippen molar-refractivity contribution in [3.8, 4) is 50.5 Å². The van der Waals surface area contributed by atoms with Crippen LogP contribution in [0.1, 0.15) is 101 Å². The van der Waals surface area contributed by atoms with Gasteiger partial charge in [-0.2, -0.15) is 0 Å². The van der Waals surface area contributed by atoms with E-state index in [0.29, 0.717) is 17.8 Å². The van der Waals surface area contributed by atoms with Gasteiger partial charge in [0.15, 0.2) is 0 Å². The number of nitrogens with zero attached hydrogens (tertiary/aromatic N) is 2. The van der Waals surface area contributed by atoms with E-state index in [2.05, 4.69) is 169 Å². The molecule has 0 radical (unpaired) electrons. The number of imidazole rings is 1. The summed E-state index contributed by atoms with van der Waals surface area (Å²) in [5, 5.41) is 0. The van der Waals surface area contributed by atoms with Gasteiger partial charge in [0.25, 0.3) is 0 Å². The maximum absolute atomic E-state index is 5.21. The zero-order chi connectivity index (χ0) is 35.2.